The van der Waals surface area contributed by atoms with E-state index < -0.39 is 23.4 Å². The second-order valence-corrected chi connectivity index (χ2v) is 8.29. The number of alkyl halides is 3. The molecule has 0 aliphatic rings. The lowest BCUT2D eigenvalue weighted by Gasteiger charge is -2.21. The number of aryl methyl sites for hydroxylation is 1. The highest BCUT2D eigenvalue weighted by molar-refractivity contribution is 7.15. The third kappa shape index (κ3) is 5.52. The van der Waals surface area contributed by atoms with Crippen molar-refractivity contribution < 1.29 is 32.5 Å². The fraction of sp³-hybridized carbons (Fsp3) is 0.286. The molecule has 0 unspecified atom stereocenters. The summed E-state index contributed by atoms with van der Waals surface area (Å²) < 4.78 is 49.9. The van der Waals surface area contributed by atoms with Crippen molar-refractivity contribution in [3.05, 3.63) is 58.7 Å². The molecule has 0 aliphatic carbocycles. The number of aromatic nitrogens is 2. The van der Waals surface area contributed by atoms with Gasteiger partial charge in [-0.1, -0.05) is 0 Å². The Labute approximate surface area is 180 Å². The molecular weight excluding hydrogens is 433 g/mol. The summed E-state index contributed by atoms with van der Waals surface area (Å²) in [5.74, 6) is -0.153. The van der Waals surface area contributed by atoms with Crippen molar-refractivity contribution in [2.45, 2.75) is 39.2 Å². The summed E-state index contributed by atoms with van der Waals surface area (Å²) in [5.41, 5.74) is -1.50. The van der Waals surface area contributed by atoms with Gasteiger partial charge in [0.25, 0.3) is 0 Å². The summed E-state index contributed by atoms with van der Waals surface area (Å²) in [6, 6.07) is 9.05. The largest absolute Gasteiger partial charge is 0.488 e. The van der Waals surface area contributed by atoms with Crippen LogP contribution >= 0.6 is 11.3 Å². The first-order valence-electron chi connectivity index (χ1n) is 9.11. The number of ether oxygens (including phenoxy) is 2. The van der Waals surface area contributed by atoms with E-state index in [9.17, 15) is 18.0 Å². The summed E-state index contributed by atoms with van der Waals surface area (Å²) in [7, 11) is 0. The first kappa shape index (κ1) is 22.5. The molecule has 0 saturated heterocycles. The van der Waals surface area contributed by atoms with Crippen LogP contribution in [0.4, 0.5) is 13.2 Å². The Bertz CT molecular complexity index is 1080. The van der Waals surface area contributed by atoms with Crippen LogP contribution in [0.5, 0.6) is 11.5 Å². The molecule has 2 aromatic heterocycles. The van der Waals surface area contributed by atoms with Crippen LogP contribution in [0.25, 0.3) is 10.7 Å². The van der Waals surface area contributed by atoms with Gasteiger partial charge in [0.15, 0.2) is 11.4 Å². The Morgan fingerprint density at radius 1 is 1.13 bits per heavy atom. The van der Waals surface area contributed by atoms with Crippen LogP contribution in [0, 0.1) is 6.92 Å². The summed E-state index contributed by atoms with van der Waals surface area (Å²) in [6.07, 6.45) is -3.45. The summed E-state index contributed by atoms with van der Waals surface area (Å²) in [6.45, 7) is 4.93. The Morgan fingerprint density at radius 3 is 2.39 bits per heavy atom. The van der Waals surface area contributed by atoms with E-state index in [2.05, 4.69) is 9.97 Å². The molecule has 2 heterocycles. The van der Waals surface area contributed by atoms with Gasteiger partial charge in [-0.3, -0.25) is 0 Å². The van der Waals surface area contributed by atoms with Gasteiger partial charge in [-0.2, -0.15) is 13.2 Å². The Balaban J connectivity index is 1.68. The first-order chi connectivity index (χ1) is 14.5. The quantitative estimate of drug-likeness (QED) is 0.520. The molecule has 31 heavy (non-hydrogen) atoms. The maximum Gasteiger partial charge on any atom is 0.433 e. The van der Waals surface area contributed by atoms with Crippen LogP contribution in [0.15, 0.2) is 42.6 Å². The van der Waals surface area contributed by atoms with Crippen LogP contribution in [-0.2, 0) is 17.6 Å². The maximum atomic E-state index is 12.9. The van der Waals surface area contributed by atoms with Gasteiger partial charge in [-0.25, -0.2) is 14.8 Å². The van der Waals surface area contributed by atoms with Crippen LogP contribution in [0.2, 0.25) is 0 Å². The minimum atomic E-state index is -4.54. The lowest BCUT2D eigenvalue weighted by molar-refractivity contribution is -0.152. The fourth-order valence-electron chi connectivity index (χ4n) is 2.50. The molecule has 10 heteroatoms. The molecule has 0 saturated carbocycles. The normalized spacial score (nSPS) is 11.9. The highest BCUT2D eigenvalue weighted by Gasteiger charge is 2.33. The predicted molar refractivity (Wildman–Crippen MR) is 108 cm³/mol. The molecule has 0 radical (unpaired) electrons. The average molecular weight is 452 g/mol. The molecule has 3 rings (SSSR count). The van der Waals surface area contributed by atoms with E-state index in [0.29, 0.717) is 16.4 Å². The minimum absolute atomic E-state index is 0.0109. The van der Waals surface area contributed by atoms with Crippen molar-refractivity contribution in [1.82, 2.24) is 9.97 Å². The Kier molecular flexibility index (Phi) is 6.21. The summed E-state index contributed by atoms with van der Waals surface area (Å²) >= 11 is 1.26. The van der Waals surface area contributed by atoms with Crippen LogP contribution in [0.1, 0.15) is 30.0 Å². The number of carboxylic acids is 1. The molecule has 0 aliphatic heterocycles. The first-order valence-corrected chi connectivity index (χ1v) is 9.92. The van der Waals surface area contributed by atoms with E-state index >= 15 is 0 Å². The Hall–Kier alpha value is -3.14. The molecule has 3 aromatic rings. The van der Waals surface area contributed by atoms with Crippen molar-refractivity contribution in [3.63, 3.8) is 0 Å². The molecule has 0 spiro atoms. The number of hydrogen-bond donors (Lipinski definition) is 1. The van der Waals surface area contributed by atoms with Gasteiger partial charge in [-0.15, -0.1) is 11.3 Å². The van der Waals surface area contributed by atoms with Gasteiger partial charge < -0.3 is 14.6 Å². The molecular formula is C21H19F3N2O4S. The lowest BCUT2D eigenvalue weighted by Crippen LogP contribution is -2.37. The van der Waals surface area contributed by atoms with E-state index in [0.717, 1.165) is 22.7 Å². The van der Waals surface area contributed by atoms with Crippen molar-refractivity contribution in [2.24, 2.45) is 0 Å². The SMILES string of the molecule is Cc1cc(-c2nccc(C(F)(F)F)n2)sc1COc1ccc(OC(C)(C)C(=O)O)cc1. The molecule has 0 bridgehead atoms. The zero-order chi connectivity index (χ0) is 22.8. The van der Waals surface area contributed by atoms with Gasteiger partial charge in [0.2, 0.25) is 0 Å². The molecule has 0 amide bonds. The second-order valence-electron chi connectivity index (χ2n) is 7.16. The van der Waals surface area contributed by atoms with E-state index in [1.54, 1.807) is 30.3 Å². The molecule has 6 nitrogen and oxygen atoms in total. The molecule has 1 N–H and O–H groups in total. The number of rotatable bonds is 7. The van der Waals surface area contributed by atoms with Crippen molar-refractivity contribution in [3.8, 4) is 22.2 Å². The third-order valence-electron chi connectivity index (χ3n) is 4.27. The van der Waals surface area contributed by atoms with E-state index in [-0.39, 0.29) is 12.4 Å². The van der Waals surface area contributed by atoms with Crippen LogP contribution in [0.3, 0.4) is 0 Å². The van der Waals surface area contributed by atoms with Gasteiger partial charge >= 0.3 is 12.1 Å². The average Bonchev–Trinajstić information content (AvgIpc) is 3.07. The molecule has 164 valence electrons. The number of benzene rings is 1. The van der Waals surface area contributed by atoms with Crippen LogP contribution < -0.4 is 9.47 Å². The third-order valence-corrected chi connectivity index (χ3v) is 5.48. The van der Waals surface area contributed by atoms with E-state index in [4.69, 9.17) is 14.6 Å². The zero-order valence-electron chi connectivity index (χ0n) is 16.9. The van der Waals surface area contributed by atoms with Crippen molar-refractivity contribution >= 4 is 17.3 Å². The molecule has 0 fully saturated rings. The zero-order valence-corrected chi connectivity index (χ0v) is 17.7. The number of aliphatic carboxylic acids is 1. The van der Waals surface area contributed by atoms with Crippen molar-refractivity contribution in [2.75, 3.05) is 0 Å². The van der Waals surface area contributed by atoms with E-state index in [1.165, 1.54) is 25.2 Å². The Morgan fingerprint density at radius 2 is 1.77 bits per heavy atom. The fourth-order valence-corrected chi connectivity index (χ4v) is 3.53. The maximum absolute atomic E-state index is 12.9. The molecule has 0 atom stereocenters. The minimum Gasteiger partial charge on any atom is -0.488 e. The smallest absolute Gasteiger partial charge is 0.433 e. The standard InChI is InChI=1S/C21H19F3N2O4S/c1-12-10-15(18-25-9-8-17(26-18)21(22,23)24)31-16(12)11-29-13-4-6-14(7-5-13)30-20(2,3)19(27)28/h4-10H,11H2,1-3H3,(H,27,28). The van der Waals surface area contributed by atoms with Gasteiger partial charge in [0, 0.05) is 11.1 Å². The topological polar surface area (TPSA) is 81.5 Å². The summed E-state index contributed by atoms with van der Waals surface area (Å²) in [4.78, 5) is 20.0. The van der Waals surface area contributed by atoms with Gasteiger partial charge in [0.1, 0.15) is 23.8 Å². The highest BCUT2D eigenvalue weighted by atomic mass is 32.1. The van der Waals surface area contributed by atoms with Gasteiger partial charge in [-0.05, 0) is 62.7 Å². The second kappa shape index (κ2) is 8.54. The number of carboxylic acid groups (broad SMARTS) is 1. The van der Waals surface area contributed by atoms with Crippen LogP contribution in [-0.4, -0.2) is 26.6 Å². The molecule has 1 aromatic carbocycles. The summed E-state index contributed by atoms with van der Waals surface area (Å²) in [5, 5.41) is 9.12. The highest BCUT2D eigenvalue weighted by Crippen LogP contribution is 2.33. The lowest BCUT2D eigenvalue weighted by atomic mass is 10.1. The number of carbonyl (C=O) groups is 1. The number of halogens is 3. The predicted octanol–water partition coefficient (Wildman–Crippen LogP) is 5.35. The number of thiophene rings is 1. The number of hydrogen-bond acceptors (Lipinski definition) is 6. The van der Waals surface area contributed by atoms with Crippen molar-refractivity contribution in [1.29, 1.82) is 0 Å². The number of nitrogens with zero attached hydrogens (tertiary/aromatic N) is 2. The van der Waals surface area contributed by atoms with E-state index in [1.807, 2.05) is 6.92 Å². The monoisotopic (exact) mass is 452 g/mol. The van der Waals surface area contributed by atoms with Gasteiger partial charge in [0.05, 0.1) is 4.88 Å².